The van der Waals surface area contributed by atoms with Crippen molar-refractivity contribution in [3.63, 3.8) is 0 Å². The second-order valence-electron chi connectivity index (χ2n) is 5.93. The quantitative estimate of drug-likeness (QED) is 0.583. The van der Waals surface area contributed by atoms with Crippen LogP contribution >= 0.6 is 0 Å². The van der Waals surface area contributed by atoms with E-state index in [1.807, 2.05) is 73.0 Å². The van der Waals surface area contributed by atoms with Crippen molar-refractivity contribution in [3.05, 3.63) is 83.6 Å². The molecule has 0 saturated carbocycles. The Morgan fingerprint density at radius 1 is 1.12 bits per heavy atom. The Labute approximate surface area is 142 Å². The van der Waals surface area contributed by atoms with Gasteiger partial charge in [0.2, 0.25) is 0 Å². The van der Waals surface area contributed by atoms with Crippen LogP contribution in [0.4, 0.5) is 0 Å². The maximum Gasteiger partial charge on any atom is 0.170 e. The number of aliphatic imine (C=N–C) groups is 1. The summed E-state index contributed by atoms with van der Waals surface area (Å²) in [6.07, 6.45) is 10.9. The third-order valence-electron chi connectivity index (χ3n) is 4.30. The fourth-order valence-electron chi connectivity index (χ4n) is 3.06. The van der Waals surface area contributed by atoms with E-state index in [4.69, 9.17) is 6.42 Å². The maximum atomic E-state index is 13.1. The third kappa shape index (κ3) is 3.70. The maximum absolute atomic E-state index is 13.1. The van der Waals surface area contributed by atoms with Crippen LogP contribution in [0.2, 0.25) is 0 Å². The van der Waals surface area contributed by atoms with Crippen LogP contribution in [-0.4, -0.2) is 12.0 Å². The fourth-order valence-corrected chi connectivity index (χ4v) is 3.06. The van der Waals surface area contributed by atoms with Gasteiger partial charge in [-0.2, -0.15) is 0 Å². The van der Waals surface area contributed by atoms with E-state index < -0.39 is 0 Å². The highest BCUT2D eigenvalue weighted by atomic mass is 16.1. The van der Waals surface area contributed by atoms with Crippen LogP contribution < -0.4 is 0 Å². The molecule has 2 atom stereocenters. The van der Waals surface area contributed by atoms with Gasteiger partial charge in [-0.05, 0) is 30.4 Å². The molecule has 2 nitrogen and oxygen atoms in total. The van der Waals surface area contributed by atoms with Crippen LogP contribution in [0.3, 0.4) is 0 Å². The molecule has 0 spiro atoms. The van der Waals surface area contributed by atoms with Gasteiger partial charge in [-0.25, -0.2) is 0 Å². The summed E-state index contributed by atoms with van der Waals surface area (Å²) in [5.41, 5.74) is 2.45. The Kier molecular flexibility index (Phi) is 5.03. The van der Waals surface area contributed by atoms with Gasteiger partial charge in [0.05, 0.1) is 0 Å². The van der Waals surface area contributed by atoms with Crippen molar-refractivity contribution in [2.45, 2.75) is 18.8 Å². The molecule has 2 unspecified atom stereocenters. The number of hydrogen-bond donors (Lipinski definition) is 0. The number of terminal acetylenes is 1. The number of rotatable bonds is 5. The molecule has 0 saturated heterocycles. The number of allylic oxidation sites excluding steroid dienone is 2. The Morgan fingerprint density at radius 3 is 2.46 bits per heavy atom. The minimum Gasteiger partial charge on any atom is -0.293 e. The zero-order valence-electron chi connectivity index (χ0n) is 13.4. The van der Waals surface area contributed by atoms with Crippen molar-refractivity contribution >= 4 is 12.0 Å². The zero-order chi connectivity index (χ0) is 16.8. The molecule has 0 aromatic heterocycles. The van der Waals surface area contributed by atoms with Crippen molar-refractivity contribution in [1.82, 2.24) is 0 Å². The minimum absolute atomic E-state index is 0.153. The Morgan fingerprint density at radius 2 is 1.79 bits per heavy atom. The number of nitrogens with zero attached hydrogens (tertiary/aromatic N) is 1. The fraction of sp³-hybridized carbons (Fsp3) is 0.182. The predicted octanol–water partition coefficient (Wildman–Crippen LogP) is 4.65. The molecule has 3 rings (SSSR count). The first-order valence-electron chi connectivity index (χ1n) is 8.13. The van der Waals surface area contributed by atoms with Crippen molar-refractivity contribution < 1.29 is 4.79 Å². The highest BCUT2D eigenvalue weighted by molar-refractivity contribution is 6.01. The summed E-state index contributed by atoms with van der Waals surface area (Å²) in [4.78, 5) is 17.3. The van der Waals surface area contributed by atoms with E-state index in [1.165, 1.54) is 0 Å². The van der Waals surface area contributed by atoms with Crippen molar-refractivity contribution in [2.24, 2.45) is 10.9 Å². The molecule has 0 fully saturated rings. The number of hydrogen-bond acceptors (Lipinski definition) is 2. The molecule has 2 aromatic rings. The van der Waals surface area contributed by atoms with Crippen molar-refractivity contribution in [2.75, 3.05) is 0 Å². The summed E-state index contributed by atoms with van der Waals surface area (Å²) in [6.45, 7) is 0. The summed E-state index contributed by atoms with van der Waals surface area (Å²) in [7, 11) is 0. The number of benzene rings is 2. The first-order chi connectivity index (χ1) is 11.8. The lowest BCUT2D eigenvalue weighted by molar-refractivity contribution is 0.0950. The molecule has 118 valence electrons. The highest BCUT2D eigenvalue weighted by Crippen LogP contribution is 2.31. The van der Waals surface area contributed by atoms with Crippen molar-refractivity contribution in [1.29, 1.82) is 0 Å². The molecule has 1 aliphatic heterocycles. The van der Waals surface area contributed by atoms with Crippen LogP contribution in [0.1, 0.15) is 34.7 Å². The smallest absolute Gasteiger partial charge is 0.170 e. The normalized spacial score (nSPS) is 17.6. The lowest BCUT2D eigenvalue weighted by Crippen LogP contribution is -2.18. The average molecular weight is 313 g/mol. The largest absolute Gasteiger partial charge is 0.293 e. The molecule has 0 N–H and O–H groups in total. The van der Waals surface area contributed by atoms with Gasteiger partial charge in [-0.1, -0.05) is 66.6 Å². The topological polar surface area (TPSA) is 29.4 Å². The summed E-state index contributed by atoms with van der Waals surface area (Å²) in [6, 6.07) is 19.5. The lowest BCUT2D eigenvalue weighted by atomic mass is 9.82. The van der Waals surface area contributed by atoms with Gasteiger partial charge >= 0.3 is 0 Å². The molecule has 0 bridgehead atoms. The molecule has 0 amide bonds. The van der Waals surface area contributed by atoms with Crippen molar-refractivity contribution in [3.8, 4) is 12.3 Å². The van der Waals surface area contributed by atoms with Crippen LogP contribution in [0.25, 0.3) is 0 Å². The minimum atomic E-state index is -0.180. The molecular weight excluding hydrogens is 294 g/mol. The van der Waals surface area contributed by atoms with Gasteiger partial charge in [0.1, 0.15) is 5.70 Å². The summed E-state index contributed by atoms with van der Waals surface area (Å²) in [5, 5.41) is 0. The average Bonchev–Trinajstić information content (AvgIpc) is 2.67. The van der Waals surface area contributed by atoms with E-state index in [-0.39, 0.29) is 17.6 Å². The Hall–Kier alpha value is -2.92. The Balaban J connectivity index is 1.89. The molecule has 2 heteroatoms. The lowest BCUT2D eigenvalue weighted by Gasteiger charge is -2.22. The van der Waals surface area contributed by atoms with Crippen LogP contribution in [-0.2, 0) is 0 Å². The molecular formula is C22H19NO. The SMILES string of the molecule is C#CC1=CC(CC(C(=O)c2ccccc2)c2ccccc2)CC=N1. The second-order valence-corrected chi connectivity index (χ2v) is 5.93. The monoisotopic (exact) mass is 313 g/mol. The molecule has 0 aliphatic carbocycles. The van der Waals surface area contributed by atoms with Gasteiger partial charge in [-0.3, -0.25) is 9.79 Å². The number of carbonyl (C=O) groups is 1. The molecule has 24 heavy (non-hydrogen) atoms. The highest BCUT2D eigenvalue weighted by Gasteiger charge is 2.25. The van der Waals surface area contributed by atoms with Gasteiger partial charge in [-0.15, -0.1) is 6.42 Å². The molecule has 1 aliphatic rings. The van der Waals surface area contributed by atoms with Crippen LogP contribution in [0, 0.1) is 18.3 Å². The summed E-state index contributed by atoms with van der Waals surface area (Å²) >= 11 is 0. The van der Waals surface area contributed by atoms with E-state index in [9.17, 15) is 4.79 Å². The van der Waals surface area contributed by atoms with E-state index in [0.717, 1.165) is 24.0 Å². The number of ketones is 1. The van der Waals surface area contributed by atoms with Gasteiger partial charge < -0.3 is 0 Å². The summed E-state index contributed by atoms with van der Waals surface area (Å²) in [5.74, 6) is 2.79. The van der Waals surface area contributed by atoms with Gasteiger partial charge in [0.15, 0.2) is 5.78 Å². The van der Waals surface area contributed by atoms with Gasteiger partial charge in [0, 0.05) is 17.7 Å². The number of Topliss-reactive ketones (excluding diaryl/α,β-unsaturated/α-hetero) is 1. The van der Waals surface area contributed by atoms with Gasteiger partial charge in [0.25, 0.3) is 0 Å². The summed E-state index contributed by atoms with van der Waals surface area (Å²) < 4.78 is 0. The van der Waals surface area contributed by atoms with Crippen LogP contribution in [0.5, 0.6) is 0 Å². The number of carbonyl (C=O) groups excluding carboxylic acids is 1. The molecule has 0 radical (unpaired) electrons. The van der Waals surface area contributed by atoms with E-state index >= 15 is 0 Å². The first kappa shape index (κ1) is 16.0. The third-order valence-corrected chi connectivity index (χ3v) is 4.30. The zero-order valence-corrected chi connectivity index (χ0v) is 13.4. The molecule has 1 heterocycles. The second kappa shape index (κ2) is 7.57. The standard InChI is InChI=1S/C22H19NO/c1-2-20-15-17(13-14-23-20)16-21(18-9-5-3-6-10-18)22(24)19-11-7-4-8-12-19/h1,3-12,14-15,17,21H,13,16H2. The van der Waals surface area contributed by atoms with Crippen LogP contribution in [0.15, 0.2) is 77.4 Å². The van der Waals surface area contributed by atoms with E-state index in [0.29, 0.717) is 5.70 Å². The Bertz CT molecular complexity index is 797. The first-order valence-corrected chi connectivity index (χ1v) is 8.13. The van der Waals surface area contributed by atoms with E-state index in [2.05, 4.69) is 10.9 Å². The molecule has 2 aromatic carbocycles. The van der Waals surface area contributed by atoms with E-state index in [1.54, 1.807) is 0 Å². The predicted molar refractivity (Wildman–Crippen MR) is 98.1 cm³/mol.